The first kappa shape index (κ1) is 7.72. The highest BCUT2D eigenvalue weighted by Crippen LogP contribution is 1.99. The number of nitrogens with two attached hydrogens (primary N) is 1. The predicted molar refractivity (Wildman–Crippen MR) is 30.5 cm³/mol. The van der Waals surface area contributed by atoms with E-state index in [2.05, 4.69) is 0 Å². The maximum Gasteiger partial charge on any atom is 0.238 e. The molecule has 1 amide bonds. The van der Waals surface area contributed by atoms with E-state index in [0.717, 1.165) is 0 Å². The molecule has 0 spiro atoms. The lowest BCUT2D eigenvalue weighted by Crippen LogP contribution is -2.32. The molecule has 8 heavy (non-hydrogen) atoms. The molecular weight excluding hydrogens is 130 g/mol. The minimum atomic E-state index is -0.963. The van der Waals surface area contributed by atoms with Gasteiger partial charge in [-0.2, -0.15) is 0 Å². The molecule has 2 atom stereocenters. The standard InChI is InChI=1S/C4H8ClNO2/c1-2(7)3(5)4(6)8/h2-3,7H,1H3,(H2,6,8)/t2-,3-/m1/s1. The first-order valence-electron chi connectivity index (χ1n) is 2.17. The van der Waals surface area contributed by atoms with Gasteiger partial charge in [0.2, 0.25) is 5.91 Å². The summed E-state index contributed by atoms with van der Waals surface area (Å²) in [5.74, 6) is -0.693. The van der Waals surface area contributed by atoms with Crippen LogP contribution in [0.15, 0.2) is 0 Å². The number of aliphatic hydroxyl groups is 1. The molecule has 0 heterocycles. The van der Waals surface area contributed by atoms with E-state index in [1.54, 1.807) is 0 Å². The molecule has 0 rings (SSSR count). The van der Waals surface area contributed by atoms with Crippen molar-refractivity contribution in [3.8, 4) is 0 Å². The molecule has 0 aliphatic carbocycles. The maximum atomic E-state index is 10.1. The van der Waals surface area contributed by atoms with Crippen molar-refractivity contribution in [3.05, 3.63) is 0 Å². The average Bonchev–Trinajstić information content (AvgIpc) is 1.64. The highest BCUT2D eigenvalue weighted by Gasteiger charge is 2.16. The number of carbonyl (C=O) groups is 1. The van der Waals surface area contributed by atoms with Gasteiger partial charge in [0, 0.05) is 0 Å². The van der Waals surface area contributed by atoms with Crippen LogP contribution in [0.5, 0.6) is 0 Å². The van der Waals surface area contributed by atoms with Crippen molar-refractivity contribution < 1.29 is 9.90 Å². The van der Waals surface area contributed by atoms with Crippen molar-refractivity contribution in [3.63, 3.8) is 0 Å². The Hall–Kier alpha value is -0.280. The van der Waals surface area contributed by atoms with Crippen LogP contribution < -0.4 is 5.73 Å². The lowest BCUT2D eigenvalue weighted by Gasteiger charge is -2.05. The van der Waals surface area contributed by atoms with Crippen LogP contribution in [0.3, 0.4) is 0 Å². The predicted octanol–water partition coefficient (Wildman–Crippen LogP) is -0.540. The Balaban J connectivity index is 3.64. The molecule has 0 aromatic heterocycles. The van der Waals surface area contributed by atoms with Gasteiger partial charge in [-0.25, -0.2) is 0 Å². The van der Waals surface area contributed by atoms with Gasteiger partial charge in [-0.05, 0) is 6.92 Å². The summed E-state index contributed by atoms with van der Waals surface area (Å²) >= 11 is 5.23. The topological polar surface area (TPSA) is 63.3 Å². The number of carbonyl (C=O) groups excluding carboxylic acids is 1. The number of amides is 1. The normalized spacial score (nSPS) is 17.4. The van der Waals surface area contributed by atoms with Gasteiger partial charge in [0.25, 0.3) is 0 Å². The van der Waals surface area contributed by atoms with Crippen LogP contribution in [0.25, 0.3) is 0 Å². The highest BCUT2D eigenvalue weighted by atomic mass is 35.5. The largest absolute Gasteiger partial charge is 0.391 e. The van der Waals surface area contributed by atoms with Crippen LogP contribution in [-0.2, 0) is 4.79 Å². The van der Waals surface area contributed by atoms with E-state index < -0.39 is 17.4 Å². The van der Waals surface area contributed by atoms with E-state index in [9.17, 15) is 4.79 Å². The number of hydrogen-bond donors (Lipinski definition) is 2. The third-order valence-electron chi connectivity index (χ3n) is 0.695. The first-order chi connectivity index (χ1) is 3.55. The van der Waals surface area contributed by atoms with Crippen LogP contribution in [-0.4, -0.2) is 22.5 Å². The summed E-state index contributed by atoms with van der Waals surface area (Å²) < 4.78 is 0. The van der Waals surface area contributed by atoms with Crippen molar-refractivity contribution >= 4 is 17.5 Å². The van der Waals surface area contributed by atoms with Crippen LogP contribution in [0.4, 0.5) is 0 Å². The molecule has 0 aromatic rings. The first-order valence-corrected chi connectivity index (χ1v) is 2.61. The van der Waals surface area contributed by atoms with Gasteiger partial charge in [0.05, 0.1) is 6.10 Å². The van der Waals surface area contributed by atoms with Gasteiger partial charge in [-0.3, -0.25) is 4.79 Å². The summed E-state index contributed by atoms with van der Waals surface area (Å²) in [7, 11) is 0. The van der Waals surface area contributed by atoms with Gasteiger partial charge in [0.1, 0.15) is 5.38 Å². The Morgan fingerprint density at radius 1 is 1.88 bits per heavy atom. The Bertz CT molecular complexity index is 94.0. The second-order valence-electron chi connectivity index (χ2n) is 1.54. The van der Waals surface area contributed by atoms with Gasteiger partial charge in [0.15, 0.2) is 0 Å². The summed E-state index contributed by atoms with van der Waals surface area (Å²) in [5, 5.41) is 7.60. The molecule has 0 radical (unpaired) electrons. The minimum Gasteiger partial charge on any atom is -0.391 e. The molecule has 3 N–H and O–H groups in total. The van der Waals surface area contributed by atoms with Gasteiger partial charge >= 0.3 is 0 Å². The number of alkyl halides is 1. The number of hydrogen-bond acceptors (Lipinski definition) is 2. The van der Waals surface area contributed by atoms with Crippen molar-refractivity contribution in [2.75, 3.05) is 0 Å². The number of primary amides is 1. The second kappa shape index (κ2) is 2.89. The average molecular weight is 138 g/mol. The van der Waals surface area contributed by atoms with Crippen molar-refractivity contribution in [2.45, 2.75) is 18.4 Å². The molecule has 0 saturated carbocycles. The van der Waals surface area contributed by atoms with Crippen LogP contribution >= 0.6 is 11.6 Å². The van der Waals surface area contributed by atoms with E-state index in [1.807, 2.05) is 0 Å². The Morgan fingerprint density at radius 3 is 2.25 bits per heavy atom. The van der Waals surface area contributed by atoms with Gasteiger partial charge < -0.3 is 10.8 Å². The van der Waals surface area contributed by atoms with E-state index in [-0.39, 0.29) is 0 Å². The molecule has 4 heteroatoms. The third kappa shape index (κ3) is 2.14. The number of rotatable bonds is 2. The zero-order valence-corrected chi connectivity index (χ0v) is 5.22. The van der Waals surface area contributed by atoms with Gasteiger partial charge in [-0.15, -0.1) is 11.6 Å². The van der Waals surface area contributed by atoms with Crippen molar-refractivity contribution in [1.29, 1.82) is 0 Å². The molecule has 0 saturated heterocycles. The summed E-state index contributed by atoms with van der Waals surface area (Å²) in [5.41, 5.74) is 4.71. The second-order valence-corrected chi connectivity index (χ2v) is 2.01. The zero-order chi connectivity index (χ0) is 6.73. The van der Waals surface area contributed by atoms with Crippen LogP contribution in [0.2, 0.25) is 0 Å². The fourth-order valence-electron chi connectivity index (χ4n) is 0.238. The molecule has 0 aliphatic rings. The zero-order valence-electron chi connectivity index (χ0n) is 4.47. The lowest BCUT2D eigenvalue weighted by molar-refractivity contribution is -0.119. The fourth-order valence-corrected chi connectivity index (χ4v) is 0.238. The van der Waals surface area contributed by atoms with E-state index in [4.69, 9.17) is 22.4 Å². The van der Waals surface area contributed by atoms with Crippen LogP contribution in [0.1, 0.15) is 6.92 Å². The molecule has 0 unspecified atom stereocenters. The molecule has 0 fully saturated rings. The molecular formula is C4H8ClNO2. The monoisotopic (exact) mass is 137 g/mol. The Morgan fingerprint density at radius 2 is 2.25 bits per heavy atom. The SMILES string of the molecule is C[C@@H](O)[C@@H](Cl)C(N)=O. The maximum absolute atomic E-state index is 10.1. The molecule has 3 nitrogen and oxygen atoms in total. The van der Waals surface area contributed by atoms with Crippen molar-refractivity contribution in [2.24, 2.45) is 5.73 Å². The smallest absolute Gasteiger partial charge is 0.238 e. The highest BCUT2D eigenvalue weighted by molar-refractivity contribution is 6.30. The summed E-state index contributed by atoms with van der Waals surface area (Å²) in [4.78, 5) is 10.1. The van der Waals surface area contributed by atoms with Crippen molar-refractivity contribution in [1.82, 2.24) is 0 Å². The summed E-state index contributed by atoms with van der Waals surface area (Å²) in [6.07, 6.45) is -0.867. The van der Waals surface area contributed by atoms with E-state index >= 15 is 0 Å². The Labute approximate surface area is 52.4 Å². The quantitative estimate of drug-likeness (QED) is 0.502. The lowest BCUT2D eigenvalue weighted by atomic mass is 10.3. The molecule has 0 aliphatic heterocycles. The summed E-state index contributed by atoms with van der Waals surface area (Å²) in [6, 6.07) is 0. The molecule has 0 aromatic carbocycles. The molecule has 0 bridgehead atoms. The summed E-state index contributed by atoms with van der Waals surface area (Å²) in [6.45, 7) is 1.41. The number of halogens is 1. The third-order valence-corrected chi connectivity index (χ3v) is 1.28. The van der Waals surface area contributed by atoms with E-state index in [0.29, 0.717) is 0 Å². The fraction of sp³-hybridized carbons (Fsp3) is 0.750. The molecule has 48 valence electrons. The minimum absolute atomic E-state index is 0.693. The van der Waals surface area contributed by atoms with E-state index in [1.165, 1.54) is 6.92 Å². The van der Waals surface area contributed by atoms with Gasteiger partial charge in [-0.1, -0.05) is 0 Å². The number of aliphatic hydroxyl groups excluding tert-OH is 1. The van der Waals surface area contributed by atoms with Crippen LogP contribution in [0, 0.1) is 0 Å². The Kier molecular flexibility index (Phi) is 2.79.